The summed E-state index contributed by atoms with van der Waals surface area (Å²) in [7, 11) is 1.77. The van der Waals surface area contributed by atoms with E-state index in [0.717, 1.165) is 11.1 Å². The molecule has 28 heavy (non-hydrogen) atoms. The molecule has 8 nitrogen and oxygen atoms in total. The van der Waals surface area contributed by atoms with Crippen molar-refractivity contribution in [2.75, 3.05) is 5.32 Å². The second-order valence-electron chi connectivity index (χ2n) is 6.41. The summed E-state index contributed by atoms with van der Waals surface area (Å²) in [4.78, 5) is 29.6. The van der Waals surface area contributed by atoms with Crippen molar-refractivity contribution >= 4 is 34.4 Å². The van der Waals surface area contributed by atoms with E-state index in [1.165, 1.54) is 10.9 Å². The number of nitrogens with zero attached hydrogens (tertiary/aromatic N) is 4. The fraction of sp³-hybridized carbons (Fsp3) is 0.158. The van der Waals surface area contributed by atoms with E-state index in [4.69, 9.17) is 16.1 Å². The van der Waals surface area contributed by atoms with E-state index in [9.17, 15) is 9.59 Å². The van der Waals surface area contributed by atoms with Crippen LogP contribution in [0.4, 0.5) is 5.82 Å². The van der Waals surface area contributed by atoms with Crippen LogP contribution in [-0.2, 0) is 18.4 Å². The fourth-order valence-corrected chi connectivity index (χ4v) is 3.15. The van der Waals surface area contributed by atoms with E-state index in [1.54, 1.807) is 36.7 Å². The van der Waals surface area contributed by atoms with Gasteiger partial charge in [0.15, 0.2) is 5.82 Å². The summed E-state index contributed by atoms with van der Waals surface area (Å²) in [5.74, 6) is 0.478. The van der Waals surface area contributed by atoms with Crippen LogP contribution in [-0.4, -0.2) is 25.2 Å². The van der Waals surface area contributed by atoms with Gasteiger partial charge in [0.2, 0.25) is 5.91 Å². The van der Waals surface area contributed by atoms with Crippen LogP contribution in [0, 0.1) is 6.92 Å². The number of fused-ring (bicyclic) bond motifs is 1. The molecule has 0 unspecified atom stereocenters. The highest BCUT2D eigenvalue weighted by Crippen LogP contribution is 2.28. The Balaban J connectivity index is 1.67. The number of rotatable bonds is 4. The summed E-state index contributed by atoms with van der Waals surface area (Å²) in [6, 6.07) is 8.91. The van der Waals surface area contributed by atoms with Crippen LogP contribution in [0.3, 0.4) is 0 Å². The van der Waals surface area contributed by atoms with Crippen LogP contribution in [0.5, 0.6) is 0 Å². The summed E-state index contributed by atoms with van der Waals surface area (Å²) >= 11 is 5.95. The molecule has 9 heteroatoms. The van der Waals surface area contributed by atoms with Crippen LogP contribution in [0.2, 0.25) is 5.02 Å². The van der Waals surface area contributed by atoms with Gasteiger partial charge in [0.25, 0.3) is 5.56 Å². The topological polar surface area (TPSA) is 95.0 Å². The number of carbonyl (C=O) groups is 1. The van der Waals surface area contributed by atoms with E-state index in [2.05, 4.69) is 15.5 Å². The number of hydrogen-bond donors (Lipinski definition) is 1. The van der Waals surface area contributed by atoms with Crippen LogP contribution >= 0.6 is 11.6 Å². The molecule has 4 aromatic rings. The predicted octanol–water partition coefficient (Wildman–Crippen LogP) is 2.99. The van der Waals surface area contributed by atoms with Gasteiger partial charge >= 0.3 is 0 Å². The molecule has 0 saturated heterocycles. The minimum atomic E-state index is -0.399. The lowest BCUT2D eigenvalue weighted by Gasteiger charge is -2.06. The number of halogens is 1. The third-order valence-electron chi connectivity index (χ3n) is 4.31. The first-order chi connectivity index (χ1) is 13.4. The monoisotopic (exact) mass is 397 g/mol. The standard InChI is InChI=1S/C19H16ClN5O3/c1-11-7-15(23-28-11)22-16(26)9-25-10-21-17-14(8-24(2)18(17)19(25)27)12-3-5-13(20)6-4-12/h3-8,10H,9H2,1-2H3,(H,22,23,26). The molecular formula is C19H16ClN5O3. The molecule has 1 aromatic carbocycles. The van der Waals surface area contributed by atoms with Gasteiger partial charge in [-0.25, -0.2) is 4.98 Å². The average molecular weight is 398 g/mol. The molecule has 1 amide bonds. The van der Waals surface area contributed by atoms with Crippen molar-refractivity contribution in [3.8, 4) is 11.1 Å². The Morgan fingerprint density at radius 3 is 2.71 bits per heavy atom. The lowest BCUT2D eigenvalue weighted by Crippen LogP contribution is -2.28. The van der Waals surface area contributed by atoms with Gasteiger partial charge in [-0.05, 0) is 24.6 Å². The Labute approximate surface area is 164 Å². The van der Waals surface area contributed by atoms with Crippen molar-refractivity contribution in [2.24, 2.45) is 7.05 Å². The first-order valence-corrected chi connectivity index (χ1v) is 8.84. The zero-order valence-corrected chi connectivity index (χ0v) is 15.9. The van der Waals surface area contributed by atoms with Crippen molar-refractivity contribution in [1.29, 1.82) is 0 Å². The highest BCUT2D eigenvalue weighted by atomic mass is 35.5. The van der Waals surface area contributed by atoms with Gasteiger partial charge in [0.05, 0.1) is 6.33 Å². The number of carbonyl (C=O) groups excluding carboxylic acids is 1. The molecule has 142 valence electrons. The SMILES string of the molecule is Cc1cc(NC(=O)Cn2cnc3c(-c4ccc(Cl)cc4)cn(C)c3c2=O)no1. The maximum absolute atomic E-state index is 12.9. The van der Waals surface area contributed by atoms with Crippen molar-refractivity contribution in [1.82, 2.24) is 19.3 Å². The largest absolute Gasteiger partial charge is 0.360 e. The van der Waals surface area contributed by atoms with Crippen molar-refractivity contribution in [3.05, 3.63) is 64.0 Å². The number of anilines is 1. The fourth-order valence-electron chi connectivity index (χ4n) is 3.03. The summed E-state index contributed by atoms with van der Waals surface area (Å²) in [6.07, 6.45) is 3.21. The minimum Gasteiger partial charge on any atom is -0.360 e. The minimum absolute atomic E-state index is 0.185. The second-order valence-corrected chi connectivity index (χ2v) is 6.84. The number of amides is 1. The Morgan fingerprint density at radius 2 is 2.04 bits per heavy atom. The van der Waals surface area contributed by atoms with Gasteiger partial charge in [0, 0.05) is 29.9 Å². The first kappa shape index (κ1) is 18.0. The molecule has 3 aromatic heterocycles. The lowest BCUT2D eigenvalue weighted by molar-refractivity contribution is -0.116. The third-order valence-corrected chi connectivity index (χ3v) is 4.56. The van der Waals surface area contributed by atoms with Gasteiger partial charge in [-0.1, -0.05) is 28.9 Å². The maximum Gasteiger partial charge on any atom is 0.278 e. The highest BCUT2D eigenvalue weighted by molar-refractivity contribution is 6.30. The van der Waals surface area contributed by atoms with E-state index in [1.807, 2.05) is 18.3 Å². The molecule has 0 saturated carbocycles. The lowest BCUT2D eigenvalue weighted by atomic mass is 10.1. The highest BCUT2D eigenvalue weighted by Gasteiger charge is 2.16. The summed E-state index contributed by atoms with van der Waals surface area (Å²) in [6.45, 7) is 1.54. The molecule has 0 atom stereocenters. The van der Waals surface area contributed by atoms with Crippen LogP contribution in [0.15, 0.2) is 52.2 Å². The van der Waals surface area contributed by atoms with E-state index in [-0.39, 0.29) is 12.1 Å². The summed E-state index contributed by atoms with van der Waals surface area (Å²) in [5.41, 5.74) is 2.40. The Bertz CT molecular complexity index is 1240. The Kier molecular flexibility index (Phi) is 4.48. The molecule has 0 aliphatic heterocycles. The van der Waals surface area contributed by atoms with Crippen LogP contribution < -0.4 is 10.9 Å². The number of hydrogen-bond acceptors (Lipinski definition) is 5. The molecule has 4 rings (SSSR count). The number of aromatic nitrogens is 4. The summed E-state index contributed by atoms with van der Waals surface area (Å²) < 4.78 is 7.88. The first-order valence-electron chi connectivity index (χ1n) is 8.46. The van der Waals surface area contributed by atoms with Crippen molar-refractivity contribution in [3.63, 3.8) is 0 Å². The van der Waals surface area contributed by atoms with Gasteiger partial charge in [-0.15, -0.1) is 0 Å². The zero-order chi connectivity index (χ0) is 19.8. The summed E-state index contributed by atoms with van der Waals surface area (Å²) in [5, 5.41) is 6.92. The van der Waals surface area contributed by atoms with Gasteiger partial charge in [-0.2, -0.15) is 0 Å². The van der Waals surface area contributed by atoms with Crippen LogP contribution in [0.1, 0.15) is 5.76 Å². The zero-order valence-electron chi connectivity index (χ0n) is 15.1. The number of benzene rings is 1. The molecule has 0 radical (unpaired) electrons. The molecule has 0 spiro atoms. The van der Waals surface area contributed by atoms with Gasteiger partial charge in [0.1, 0.15) is 23.3 Å². The van der Waals surface area contributed by atoms with Crippen molar-refractivity contribution < 1.29 is 9.32 Å². The van der Waals surface area contributed by atoms with Crippen molar-refractivity contribution in [2.45, 2.75) is 13.5 Å². The maximum atomic E-state index is 12.9. The number of nitrogens with one attached hydrogen (secondary N) is 1. The molecule has 0 aliphatic carbocycles. The quantitative estimate of drug-likeness (QED) is 0.571. The normalized spacial score (nSPS) is 11.1. The second kappa shape index (κ2) is 6.97. The third kappa shape index (κ3) is 3.29. The van der Waals surface area contributed by atoms with Gasteiger partial charge in [-0.3, -0.25) is 14.2 Å². The number of aryl methyl sites for hydroxylation is 2. The van der Waals surface area contributed by atoms with E-state index < -0.39 is 5.91 Å². The Hall–Kier alpha value is -3.39. The molecule has 1 N–H and O–H groups in total. The van der Waals surface area contributed by atoms with E-state index in [0.29, 0.717) is 27.6 Å². The molecule has 0 aliphatic rings. The molecule has 0 bridgehead atoms. The van der Waals surface area contributed by atoms with E-state index >= 15 is 0 Å². The molecular weight excluding hydrogens is 382 g/mol. The Morgan fingerprint density at radius 1 is 1.29 bits per heavy atom. The molecule has 3 heterocycles. The smallest absolute Gasteiger partial charge is 0.278 e. The predicted molar refractivity (Wildman–Crippen MR) is 105 cm³/mol. The van der Waals surface area contributed by atoms with Gasteiger partial charge < -0.3 is 14.4 Å². The molecule has 0 fully saturated rings. The average Bonchev–Trinajstić information content (AvgIpc) is 3.21. The van der Waals surface area contributed by atoms with Crippen LogP contribution in [0.25, 0.3) is 22.2 Å².